The fourth-order valence-corrected chi connectivity index (χ4v) is 3.24. The van der Waals surface area contributed by atoms with Gasteiger partial charge in [0.15, 0.2) is 0 Å². The molecule has 2 aliphatic heterocycles. The summed E-state index contributed by atoms with van der Waals surface area (Å²) in [6.07, 6.45) is 2.86. The normalized spacial score (nSPS) is 26.0. The van der Waals surface area contributed by atoms with E-state index in [2.05, 4.69) is 5.32 Å². The van der Waals surface area contributed by atoms with Crippen molar-refractivity contribution in [2.24, 2.45) is 0 Å². The molecule has 2 unspecified atom stereocenters. The Labute approximate surface area is 134 Å². The molecule has 1 N–H and O–H groups in total. The number of ether oxygens (including phenoxy) is 1. The summed E-state index contributed by atoms with van der Waals surface area (Å²) in [6, 6.07) is 4.50. The van der Waals surface area contributed by atoms with Gasteiger partial charge in [-0.2, -0.15) is 0 Å². The van der Waals surface area contributed by atoms with Gasteiger partial charge in [-0.1, -0.05) is 24.1 Å². The summed E-state index contributed by atoms with van der Waals surface area (Å²) < 4.78 is 19.0. The van der Waals surface area contributed by atoms with Crippen LogP contribution in [0, 0.1) is 5.82 Å². The fraction of sp³-hybridized carbons (Fsp3) is 0.562. The highest BCUT2D eigenvalue weighted by atomic mass is 35.5. The van der Waals surface area contributed by atoms with E-state index in [0.29, 0.717) is 19.7 Å². The van der Waals surface area contributed by atoms with Gasteiger partial charge in [-0.3, -0.25) is 4.79 Å². The van der Waals surface area contributed by atoms with E-state index < -0.39 is 5.82 Å². The second-order valence-corrected chi connectivity index (χ2v) is 6.23. The van der Waals surface area contributed by atoms with Gasteiger partial charge in [-0.05, 0) is 37.1 Å². The summed E-state index contributed by atoms with van der Waals surface area (Å²) in [6.45, 7) is 2.47. The Hall–Kier alpha value is -1.17. The zero-order chi connectivity index (χ0) is 15.5. The van der Waals surface area contributed by atoms with Crippen LogP contribution >= 0.6 is 11.6 Å². The average Bonchev–Trinajstić information content (AvgIpc) is 2.57. The Morgan fingerprint density at radius 3 is 3.00 bits per heavy atom. The first kappa shape index (κ1) is 15.7. The second-order valence-electron chi connectivity index (χ2n) is 5.82. The molecule has 2 heterocycles. The van der Waals surface area contributed by atoms with Crippen molar-refractivity contribution in [2.45, 2.75) is 31.4 Å². The molecule has 0 spiro atoms. The highest BCUT2D eigenvalue weighted by Crippen LogP contribution is 2.26. The van der Waals surface area contributed by atoms with Gasteiger partial charge < -0.3 is 15.0 Å². The molecular formula is C16H20ClFN2O2. The third-order valence-corrected chi connectivity index (χ3v) is 4.59. The van der Waals surface area contributed by atoms with E-state index in [4.69, 9.17) is 16.3 Å². The summed E-state index contributed by atoms with van der Waals surface area (Å²) in [5.74, 6) is -0.304. The van der Waals surface area contributed by atoms with Crippen molar-refractivity contribution < 1.29 is 13.9 Å². The molecule has 1 aromatic rings. The minimum Gasteiger partial charge on any atom is -0.370 e. The lowest BCUT2D eigenvalue weighted by Gasteiger charge is -2.36. The first-order valence-corrected chi connectivity index (χ1v) is 8.11. The Bertz CT molecular complexity index is 549. The second kappa shape index (κ2) is 6.94. The minimum absolute atomic E-state index is 0.0793. The maximum atomic E-state index is 13.3. The predicted octanol–water partition coefficient (Wildman–Crippen LogP) is 2.52. The molecule has 6 heteroatoms. The molecule has 1 aromatic carbocycles. The van der Waals surface area contributed by atoms with E-state index in [1.807, 2.05) is 4.90 Å². The summed E-state index contributed by atoms with van der Waals surface area (Å²) in [4.78, 5) is 14.4. The van der Waals surface area contributed by atoms with Gasteiger partial charge in [0.05, 0.1) is 24.2 Å². The van der Waals surface area contributed by atoms with E-state index in [-0.39, 0.29) is 23.1 Å². The Balaban J connectivity index is 1.68. The van der Waals surface area contributed by atoms with Crippen molar-refractivity contribution in [1.29, 1.82) is 0 Å². The van der Waals surface area contributed by atoms with Crippen LogP contribution in [0.4, 0.5) is 4.39 Å². The molecule has 3 rings (SSSR count). The Morgan fingerprint density at radius 1 is 1.41 bits per heavy atom. The standard InChI is InChI=1S/C16H20ClFN2O2/c17-12-9-11(4-5-13(12)18)15-10-20(7-8-22-15)16(21)14-3-1-2-6-19-14/h4-5,9,14-15,19H,1-3,6-8,10H2. The van der Waals surface area contributed by atoms with Crippen molar-refractivity contribution in [2.75, 3.05) is 26.2 Å². The maximum absolute atomic E-state index is 13.3. The molecule has 2 atom stereocenters. The molecule has 0 aromatic heterocycles. The summed E-state index contributed by atoms with van der Waals surface area (Å²) in [5, 5.41) is 3.37. The van der Waals surface area contributed by atoms with Gasteiger partial charge in [0.2, 0.25) is 5.91 Å². The molecule has 1 amide bonds. The van der Waals surface area contributed by atoms with Crippen LogP contribution in [0.1, 0.15) is 30.9 Å². The molecule has 2 fully saturated rings. The Kier molecular flexibility index (Phi) is 4.96. The minimum atomic E-state index is -0.444. The van der Waals surface area contributed by atoms with Crippen LogP contribution < -0.4 is 5.32 Å². The van der Waals surface area contributed by atoms with Crippen molar-refractivity contribution >= 4 is 17.5 Å². The molecule has 120 valence electrons. The quantitative estimate of drug-likeness (QED) is 0.908. The molecule has 0 bridgehead atoms. The average molecular weight is 327 g/mol. The van der Waals surface area contributed by atoms with Gasteiger partial charge in [-0.25, -0.2) is 4.39 Å². The number of nitrogens with zero attached hydrogens (tertiary/aromatic N) is 1. The third-order valence-electron chi connectivity index (χ3n) is 4.30. The number of amides is 1. The number of hydrogen-bond acceptors (Lipinski definition) is 3. The van der Waals surface area contributed by atoms with Crippen LogP contribution in [-0.2, 0) is 9.53 Å². The molecule has 4 nitrogen and oxygen atoms in total. The van der Waals surface area contributed by atoms with E-state index in [9.17, 15) is 9.18 Å². The first-order valence-electron chi connectivity index (χ1n) is 7.74. The molecule has 22 heavy (non-hydrogen) atoms. The zero-order valence-electron chi connectivity index (χ0n) is 12.4. The maximum Gasteiger partial charge on any atom is 0.239 e. The lowest BCUT2D eigenvalue weighted by Crippen LogP contribution is -2.52. The van der Waals surface area contributed by atoms with Crippen LogP contribution in [0.25, 0.3) is 0 Å². The number of morpholine rings is 1. The number of rotatable bonds is 2. The van der Waals surface area contributed by atoms with E-state index in [1.54, 1.807) is 12.1 Å². The SMILES string of the molecule is O=C(C1CCCCN1)N1CCOC(c2ccc(F)c(Cl)c2)C1. The number of nitrogens with one attached hydrogen (secondary N) is 1. The van der Waals surface area contributed by atoms with Crippen LogP contribution in [0.3, 0.4) is 0 Å². The van der Waals surface area contributed by atoms with Crippen molar-refractivity contribution in [3.63, 3.8) is 0 Å². The van der Waals surface area contributed by atoms with Gasteiger partial charge in [0.25, 0.3) is 0 Å². The number of halogens is 2. The van der Waals surface area contributed by atoms with Gasteiger partial charge >= 0.3 is 0 Å². The van der Waals surface area contributed by atoms with Crippen LogP contribution in [0.15, 0.2) is 18.2 Å². The van der Waals surface area contributed by atoms with Crippen LogP contribution in [0.2, 0.25) is 5.02 Å². The monoisotopic (exact) mass is 326 g/mol. The topological polar surface area (TPSA) is 41.6 Å². The molecular weight excluding hydrogens is 307 g/mol. The van der Waals surface area contributed by atoms with Gasteiger partial charge in [-0.15, -0.1) is 0 Å². The molecule has 0 aliphatic carbocycles. The van der Waals surface area contributed by atoms with Crippen molar-refractivity contribution in [3.8, 4) is 0 Å². The lowest BCUT2D eigenvalue weighted by atomic mass is 10.0. The lowest BCUT2D eigenvalue weighted by molar-refractivity contribution is -0.141. The number of hydrogen-bond donors (Lipinski definition) is 1. The highest BCUT2D eigenvalue weighted by Gasteiger charge is 2.30. The number of benzene rings is 1. The van der Waals surface area contributed by atoms with Gasteiger partial charge in [0.1, 0.15) is 11.9 Å². The molecule has 2 saturated heterocycles. The molecule has 2 aliphatic rings. The summed E-state index contributed by atoms with van der Waals surface area (Å²) in [5.41, 5.74) is 0.806. The van der Waals surface area contributed by atoms with Gasteiger partial charge in [0, 0.05) is 6.54 Å². The van der Waals surface area contributed by atoms with Crippen molar-refractivity contribution in [1.82, 2.24) is 10.2 Å². The summed E-state index contributed by atoms with van der Waals surface area (Å²) in [7, 11) is 0. The van der Waals surface area contributed by atoms with E-state index >= 15 is 0 Å². The molecule has 0 radical (unpaired) electrons. The predicted molar refractivity (Wildman–Crippen MR) is 82.3 cm³/mol. The number of carbonyl (C=O) groups excluding carboxylic acids is 1. The van der Waals surface area contributed by atoms with Crippen LogP contribution in [-0.4, -0.2) is 43.1 Å². The highest BCUT2D eigenvalue weighted by molar-refractivity contribution is 6.30. The number of piperidine rings is 1. The Morgan fingerprint density at radius 2 is 2.27 bits per heavy atom. The largest absolute Gasteiger partial charge is 0.370 e. The van der Waals surface area contributed by atoms with Crippen molar-refractivity contribution in [3.05, 3.63) is 34.6 Å². The first-order chi connectivity index (χ1) is 10.6. The number of carbonyl (C=O) groups is 1. The smallest absolute Gasteiger partial charge is 0.239 e. The third kappa shape index (κ3) is 3.42. The van der Waals surface area contributed by atoms with E-state index in [1.165, 1.54) is 6.07 Å². The van der Waals surface area contributed by atoms with E-state index in [0.717, 1.165) is 31.4 Å². The molecule has 0 saturated carbocycles. The van der Waals surface area contributed by atoms with Crippen LogP contribution in [0.5, 0.6) is 0 Å². The fourth-order valence-electron chi connectivity index (χ4n) is 3.05. The summed E-state index contributed by atoms with van der Waals surface area (Å²) >= 11 is 5.83. The zero-order valence-corrected chi connectivity index (χ0v) is 13.1.